The summed E-state index contributed by atoms with van der Waals surface area (Å²) >= 11 is 0. The average molecular weight is 435 g/mol. The monoisotopic (exact) mass is 434 g/mol. The molecule has 0 fully saturated rings. The number of rotatable bonds is 4. The van der Waals surface area contributed by atoms with E-state index in [1.807, 2.05) is 12.1 Å². The molecule has 164 valence electrons. The maximum atomic E-state index is 6.33. The van der Waals surface area contributed by atoms with Crippen molar-refractivity contribution in [3.05, 3.63) is 97.1 Å². The lowest BCUT2D eigenvalue weighted by Gasteiger charge is -2.21. The van der Waals surface area contributed by atoms with Gasteiger partial charge in [-0.05, 0) is 48.5 Å². The fourth-order valence-electron chi connectivity index (χ4n) is 4.77. The molecule has 2 aliphatic rings. The van der Waals surface area contributed by atoms with E-state index in [9.17, 15) is 0 Å². The minimum Gasteiger partial charge on any atom is -0.457 e. The molecule has 5 heteroatoms. The third kappa shape index (κ3) is 3.42. The second-order valence-corrected chi connectivity index (χ2v) is 8.61. The van der Waals surface area contributed by atoms with Gasteiger partial charge in [-0.1, -0.05) is 36.4 Å². The first kappa shape index (κ1) is 19.6. The number of nitrogens with zero attached hydrogens (tertiary/aromatic N) is 4. The van der Waals surface area contributed by atoms with Crippen LogP contribution in [0, 0.1) is 0 Å². The van der Waals surface area contributed by atoms with E-state index in [2.05, 4.69) is 119 Å². The van der Waals surface area contributed by atoms with E-state index in [0.717, 1.165) is 36.2 Å². The molecule has 0 radical (unpaired) electrons. The molecule has 0 unspecified atom stereocenters. The molecular weight excluding hydrogens is 408 g/mol. The number of anilines is 6. The van der Waals surface area contributed by atoms with Crippen molar-refractivity contribution in [1.29, 1.82) is 0 Å². The molecule has 6 rings (SSSR count). The second kappa shape index (κ2) is 7.78. The van der Waals surface area contributed by atoms with Gasteiger partial charge in [0.1, 0.15) is 11.5 Å². The summed E-state index contributed by atoms with van der Waals surface area (Å²) in [4.78, 5) is 9.15. The van der Waals surface area contributed by atoms with E-state index in [4.69, 9.17) is 4.74 Å². The SMILES string of the molecule is CN1CN(c2cccc(Oc3cccc(N4CN(C)c5ccccc54)c3)c2)c2ccccc21. The van der Waals surface area contributed by atoms with Crippen molar-refractivity contribution in [2.75, 3.05) is 47.0 Å². The predicted octanol–water partition coefficient (Wildman–Crippen LogP) is 6.57. The highest BCUT2D eigenvalue weighted by Gasteiger charge is 2.25. The van der Waals surface area contributed by atoms with Gasteiger partial charge in [-0.15, -0.1) is 0 Å². The van der Waals surface area contributed by atoms with E-state index < -0.39 is 0 Å². The van der Waals surface area contributed by atoms with E-state index in [-0.39, 0.29) is 0 Å². The van der Waals surface area contributed by atoms with Gasteiger partial charge in [0.15, 0.2) is 0 Å². The van der Waals surface area contributed by atoms with Gasteiger partial charge in [0.2, 0.25) is 0 Å². The van der Waals surface area contributed by atoms with E-state index in [1.54, 1.807) is 0 Å². The Kier molecular flexibility index (Phi) is 4.61. The Morgan fingerprint density at radius 3 is 1.39 bits per heavy atom. The Balaban J connectivity index is 1.27. The Morgan fingerprint density at radius 2 is 0.939 bits per heavy atom. The maximum Gasteiger partial charge on any atom is 0.129 e. The summed E-state index contributed by atoms with van der Waals surface area (Å²) in [5, 5.41) is 0. The summed E-state index contributed by atoms with van der Waals surface area (Å²) in [6.45, 7) is 1.64. The molecule has 4 aromatic carbocycles. The second-order valence-electron chi connectivity index (χ2n) is 8.61. The molecule has 0 aliphatic carbocycles. The Hall–Kier alpha value is -4.12. The van der Waals surface area contributed by atoms with Gasteiger partial charge in [-0.2, -0.15) is 0 Å². The molecule has 0 spiro atoms. The zero-order chi connectivity index (χ0) is 22.4. The zero-order valence-electron chi connectivity index (χ0n) is 18.8. The van der Waals surface area contributed by atoms with E-state index in [1.165, 1.54) is 22.7 Å². The molecule has 0 N–H and O–H groups in total. The minimum absolute atomic E-state index is 0.820. The molecule has 0 aromatic heterocycles. The number of ether oxygens (including phenoxy) is 1. The predicted molar refractivity (Wildman–Crippen MR) is 137 cm³/mol. The Morgan fingerprint density at radius 1 is 0.515 bits per heavy atom. The molecule has 5 nitrogen and oxygen atoms in total. The number of para-hydroxylation sites is 4. The highest BCUT2D eigenvalue weighted by atomic mass is 16.5. The van der Waals surface area contributed by atoms with Crippen molar-refractivity contribution in [2.24, 2.45) is 0 Å². The summed E-state index contributed by atoms with van der Waals surface area (Å²) in [5.41, 5.74) is 7.16. The lowest BCUT2D eigenvalue weighted by atomic mass is 10.2. The zero-order valence-corrected chi connectivity index (χ0v) is 18.8. The third-order valence-electron chi connectivity index (χ3n) is 6.37. The third-order valence-corrected chi connectivity index (χ3v) is 6.37. The first-order chi connectivity index (χ1) is 16.2. The largest absolute Gasteiger partial charge is 0.457 e. The standard InChI is InChI=1S/C28H26N4O/c1-29-19-31(27-15-5-3-13-25(27)29)21-9-7-11-23(17-21)33-24-12-8-10-22(18-24)32-20-30(2)26-14-4-6-16-28(26)32/h3-18H,19-20H2,1-2H3. The van der Waals surface area contributed by atoms with Gasteiger partial charge >= 0.3 is 0 Å². The Bertz CT molecular complexity index is 1220. The molecule has 0 saturated carbocycles. The molecule has 33 heavy (non-hydrogen) atoms. The van der Waals surface area contributed by atoms with Crippen molar-refractivity contribution in [3.8, 4) is 11.5 Å². The van der Waals surface area contributed by atoms with Gasteiger partial charge < -0.3 is 24.3 Å². The maximum absolute atomic E-state index is 6.33. The molecule has 0 amide bonds. The quantitative estimate of drug-likeness (QED) is 0.361. The molecule has 2 aliphatic heterocycles. The lowest BCUT2D eigenvalue weighted by molar-refractivity contribution is 0.483. The van der Waals surface area contributed by atoms with Gasteiger partial charge in [0, 0.05) is 37.6 Å². The van der Waals surface area contributed by atoms with Crippen molar-refractivity contribution in [2.45, 2.75) is 0 Å². The van der Waals surface area contributed by atoms with Crippen LogP contribution in [0.4, 0.5) is 34.1 Å². The van der Waals surface area contributed by atoms with Crippen molar-refractivity contribution in [1.82, 2.24) is 0 Å². The minimum atomic E-state index is 0.820. The number of fused-ring (bicyclic) bond motifs is 2. The van der Waals surface area contributed by atoms with Crippen molar-refractivity contribution < 1.29 is 4.74 Å². The van der Waals surface area contributed by atoms with Gasteiger partial charge in [-0.25, -0.2) is 0 Å². The van der Waals surface area contributed by atoms with Gasteiger partial charge in [-0.3, -0.25) is 0 Å². The molecule has 2 heterocycles. The first-order valence-electron chi connectivity index (χ1n) is 11.2. The Labute approximate surface area is 194 Å². The van der Waals surface area contributed by atoms with Gasteiger partial charge in [0.05, 0.1) is 36.1 Å². The van der Waals surface area contributed by atoms with Crippen LogP contribution in [-0.4, -0.2) is 27.4 Å². The van der Waals surface area contributed by atoms with Crippen LogP contribution in [-0.2, 0) is 0 Å². The van der Waals surface area contributed by atoms with Crippen LogP contribution in [0.15, 0.2) is 97.1 Å². The van der Waals surface area contributed by atoms with Crippen LogP contribution in [0.5, 0.6) is 11.5 Å². The summed E-state index contributed by atoms with van der Waals surface area (Å²) in [6, 6.07) is 33.6. The van der Waals surface area contributed by atoms with Crippen LogP contribution >= 0.6 is 0 Å². The molecule has 0 bridgehead atoms. The number of benzene rings is 4. The topological polar surface area (TPSA) is 22.2 Å². The van der Waals surface area contributed by atoms with Crippen LogP contribution < -0.4 is 24.3 Å². The van der Waals surface area contributed by atoms with E-state index in [0.29, 0.717) is 0 Å². The summed E-state index contributed by atoms with van der Waals surface area (Å²) < 4.78 is 6.33. The number of hydrogen-bond acceptors (Lipinski definition) is 5. The highest BCUT2D eigenvalue weighted by molar-refractivity contribution is 5.83. The molecular formula is C28H26N4O. The van der Waals surface area contributed by atoms with Crippen LogP contribution in [0.25, 0.3) is 0 Å². The molecule has 0 atom stereocenters. The van der Waals surface area contributed by atoms with Crippen molar-refractivity contribution in [3.63, 3.8) is 0 Å². The summed E-state index contributed by atoms with van der Waals surface area (Å²) in [6.07, 6.45) is 0. The fourth-order valence-corrected chi connectivity index (χ4v) is 4.77. The lowest BCUT2D eigenvalue weighted by Crippen LogP contribution is -2.24. The highest BCUT2D eigenvalue weighted by Crippen LogP contribution is 2.42. The summed E-state index contributed by atoms with van der Waals surface area (Å²) in [7, 11) is 4.25. The van der Waals surface area contributed by atoms with E-state index >= 15 is 0 Å². The fraction of sp³-hybridized carbons (Fsp3) is 0.143. The van der Waals surface area contributed by atoms with Gasteiger partial charge in [0.25, 0.3) is 0 Å². The van der Waals surface area contributed by atoms with Crippen LogP contribution in [0.3, 0.4) is 0 Å². The summed E-state index contributed by atoms with van der Waals surface area (Å²) in [5.74, 6) is 1.66. The molecule has 4 aromatic rings. The average Bonchev–Trinajstić information content (AvgIpc) is 3.37. The van der Waals surface area contributed by atoms with Crippen molar-refractivity contribution >= 4 is 34.1 Å². The van der Waals surface area contributed by atoms with Crippen LogP contribution in [0.2, 0.25) is 0 Å². The first-order valence-corrected chi connectivity index (χ1v) is 11.2. The number of hydrogen-bond donors (Lipinski definition) is 0. The smallest absolute Gasteiger partial charge is 0.129 e. The van der Waals surface area contributed by atoms with Crippen LogP contribution in [0.1, 0.15) is 0 Å². The molecule has 0 saturated heterocycles. The normalized spacial score (nSPS) is 14.5.